The van der Waals surface area contributed by atoms with Gasteiger partial charge in [0, 0.05) is 10.9 Å². The molecule has 0 aliphatic carbocycles. The molecule has 0 bridgehead atoms. The molecule has 1 amide bonds. The number of thiazole rings is 2. The number of rotatable bonds is 7. The molecule has 1 aromatic carbocycles. The van der Waals surface area contributed by atoms with Gasteiger partial charge in [-0.25, -0.2) is 14.8 Å². The Bertz CT molecular complexity index is 1040. The van der Waals surface area contributed by atoms with Crippen molar-refractivity contribution in [1.82, 2.24) is 9.97 Å². The van der Waals surface area contributed by atoms with E-state index in [1.807, 2.05) is 19.2 Å². The quantitative estimate of drug-likeness (QED) is 0.531. The van der Waals surface area contributed by atoms with E-state index in [-0.39, 0.29) is 11.1 Å². The third-order valence-electron chi connectivity index (χ3n) is 3.58. The molecule has 8 nitrogen and oxygen atoms in total. The van der Waals surface area contributed by atoms with E-state index < -0.39 is 11.9 Å². The van der Waals surface area contributed by atoms with Crippen molar-refractivity contribution in [2.75, 3.05) is 5.32 Å². The number of benzene rings is 1. The van der Waals surface area contributed by atoms with E-state index in [0.29, 0.717) is 38.4 Å². The molecule has 0 saturated heterocycles. The molecule has 0 unspecified atom stereocenters. The summed E-state index contributed by atoms with van der Waals surface area (Å²) in [5.41, 5.74) is 7.53. The zero-order valence-corrected chi connectivity index (χ0v) is 17.0. The number of hydrogen-bond acceptors (Lipinski definition) is 8. The van der Waals surface area contributed by atoms with Crippen molar-refractivity contribution in [2.24, 2.45) is 5.73 Å². The van der Waals surface area contributed by atoms with Gasteiger partial charge < -0.3 is 20.9 Å². The van der Waals surface area contributed by atoms with Crippen molar-refractivity contribution < 1.29 is 19.4 Å². The third-order valence-corrected chi connectivity index (χ3v) is 5.51. The summed E-state index contributed by atoms with van der Waals surface area (Å²) in [4.78, 5) is 31.9. The number of nitrogens with one attached hydrogen (secondary N) is 1. The standard InChI is InChI=1S/C18H18N4O4S2/c1-8(2)26-13-5-4-10(15(19)23)6-11(13)21-18-22-12(7-27-18)14-9(3)20-16(28-14)17(24)25/h4-8H,1-3H3,(H2,19,23)(H,21,22)(H,24,25). The van der Waals surface area contributed by atoms with Gasteiger partial charge in [-0.05, 0) is 39.0 Å². The molecule has 0 aliphatic rings. The van der Waals surface area contributed by atoms with Crippen LogP contribution < -0.4 is 15.8 Å². The molecule has 10 heteroatoms. The second kappa shape index (κ2) is 7.95. The molecule has 0 fully saturated rings. The molecule has 3 rings (SSSR count). The Labute approximate surface area is 169 Å². The van der Waals surface area contributed by atoms with Gasteiger partial charge in [0.05, 0.1) is 28.1 Å². The number of carboxylic acids is 1. The molecular weight excluding hydrogens is 400 g/mol. The summed E-state index contributed by atoms with van der Waals surface area (Å²) >= 11 is 2.42. The van der Waals surface area contributed by atoms with E-state index in [0.717, 1.165) is 11.3 Å². The Kier molecular flexibility index (Phi) is 5.61. The highest BCUT2D eigenvalue weighted by molar-refractivity contribution is 7.18. The number of carboxylic acid groups (broad SMARTS) is 1. The molecule has 28 heavy (non-hydrogen) atoms. The van der Waals surface area contributed by atoms with Crippen molar-refractivity contribution in [1.29, 1.82) is 0 Å². The zero-order chi connectivity index (χ0) is 20.4. The number of aromatic nitrogens is 2. The van der Waals surface area contributed by atoms with Crippen LogP contribution >= 0.6 is 22.7 Å². The Balaban J connectivity index is 1.91. The van der Waals surface area contributed by atoms with E-state index in [1.165, 1.54) is 11.3 Å². The van der Waals surface area contributed by atoms with Crippen LogP contribution in [0.1, 0.15) is 39.7 Å². The third kappa shape index (κ3) is 4.29. The number of amides is 1. The van der Waals surface area contributed by atoms with E-state index in [2.05, 4.69) is 15.3 Å². The molecule has 3 aromatic rings. The fourth-order valence-electron chi connectivity index (χ4n) is 2.41. The Morgan fingerprint density at radius 2 is 2.04 bits per heavy atom. The summed E-state index contributed by atoms with van der Waals surface area (Å²) in [6.45, 7) is 5.55. The van der Waals surface area contributed by atoms with Gasteiger partial charge in [-0.3, -0.25) is 4.79 Å². The van der Waals surface area contributed by atoms with Gasteiger partial charge in [0.15, 0.2) is 5.13 Å². The fraction of sp³-hybridized carbons (Fsp3) is 0.222. The monoisotopic (exact) mass is 418 g/mol. The maximum absolute atomic E-state index is 11.5. The maximum atomic E-state index is 11.5. The summed E-state index contributed by atoms with van der Waals surface area (Å²) in [6, 6.07) is 4.90. The molecule has 0 spiro atoms. The molecule has 0 radical (unpaired) electrons. The zero-order valence-electron chi connectivity index (χ0n) is 15.3. The predicted molar refractivity (Wildman–Crippen MR) is 109 cm³/mol. The molecule has 4 N–H and O–H groups in total. The van der Waals surface area contributed by atoms with E-state index in [4.69, 9.17) is 15.6 Å². The van der Waals surface area contributed by atoms with Gasteiger partial charge in [0.1, 0.15) is 5.75 Å². The van der Waals surface area contributed by atoms with Crippen LogP contribution in [0.15, 0.2) is 23.6 Å². The van der Waals surface area contributed by atoms with Gasteiger partial charge >= 0.3 is 5.97 Å². The SMILES string of the molecule is Cc1nc(C(=O)O)sc1-c1csc(Nc2cc(C(N)=O)ccc2OC(C)C)n1. The van der Waals surface area contributed by atoms with Crippen LogP contribution in [0.4, 0.5) is 10.8 Å². The van der Waals surface area contributed by atoms with Gasteiger partial charge in [-0.15, -0.1) is 22.7 Å². The maximum Gasteiger partial charge on any atom is 0.365 e. The van der Waals surface area contributed by atoms with E-state index in [9.17, 15) is 9.59 Å². The van der Waals surface area contributed by atoms with Crippen molar-refractivity contribution in [3.8, 4) is 16.3 Å². The van der Waals surface area contributed by atoms with Crippen LogP contribution in [0.5, 0.6) is 5.75 Å². The lowest BCUT2D eigenvalue weighted by Gasteiger charge is -2.15. The molecule has 2 heterocycles. The normalized spacial score (nSPS) is 10.9. The Morgan fingerprint density at radius 1 is 1.29 bits per heavy atom. The Morgan fingerprint density at radius 3 is 2.64 bits per heavy atom. The van der Waals surface area contributed by atoms with Crippen LogP contribution in [0.3, 0.4) is 0 Å². The summed E-state index contributed by atoms with van der Waals surface area (Å²) in [6.07, 6.45) is -0.0545. The number of carbonyl (C=O) groups excluding carboxylic acids is 1. The lowest BCUT2D eigenvalue weighted by Crippen LogP contribution is -2.12. The first-order valence-corrected chi connectivity index (χ1v) is 9.98. The number of nitrogens with two attached hydrogens (primary N) is 1. The molecule has 0 atom stereocenters. The molecule has 146 valence electrons. The summed E-state index contributed by atoms with van der Waals surface area (Å²) in [5, 5.41) is 14.7. The Hall–Kier alpha value is -2.98. The molecule has 0 aliphatic heterocycles. The first kappa shape index (κ1) is 19.8. The first-order chi connectivity index (χ1) is 13.2. The lowest BCUT2D eigenvalue weighted by atomic mass is 10.1. The largest absolute Gasteiger partial charge is 0.489 e. The van der Waals surface area contributed by atoms with E-state index in [1.54, 1.807) is 25.1 Å². The highest BCUT2D eigenvalue weighted by atomic mass is 32.1. The number of hydrogen-bond donors (Lipinski definition) is 3. The fourth-order valence-corrected chi connectivity index (χ4v) is 4.07. The molecule has 2 aromatic heterocycles. The van der Waals surface area contributed by atoms with Crippen LogP contribution in [-0.2, 0) is 0 Å². The second-order valence-electron chi connectivity index (χ2n) is 6.14. The average Bonchev–Trinajstić information content (AvgIpc) is 3.22. The van der Waals surface area contributed by atoms with Crippen molar-refractivity contribution in [3.63, 3.8) is 0 Å². The topological polar surface area (TPSA) is 127 Å². The number of primary amides is 1. The van der Waals surface area contributed by atoms with Crippen LogP contribution in [0.25, 0.3) is 10.6 Å². The number of aromatic carboxylic acids is 1. The number of ether oxygens (including phenoxy) is 1. The highest BCUT2D eigenvalue weighted by Crippen LogP contribution is 2.35. The minimum absolute atomic E-state index is 0.0248. The predicted octanol–water partition coefficient (Wildman–Crippen LogP) is 3.90. The number of nitrogens with zero attached hydrogens (tertiary/aromatic N) is 2. The summed E-state index contributed by atoms with van der Waals surface area (Å²) in [5.74, 6) is -1.04. The van der Waals surface area contributed by atoms with Gasteiger partial charge in [0.2, 0.25) is 10.9 Å². The van der Waals surface area contributed by atoms with Gasteiger partial charge in [-0.1, -0.05) is 0 Å². The number of aryl methyl sites for hydroxylation is 1. The van der Waals surface area contributed by atoms with Crippen LogP contribution in [-0.4, -0.2) is 33.1 Å². The van der Waals surface area contributed by atoms with E-state index >= 15 is 0 Å². The first-order valence-electron chi connectivity index (χ1n) is 8.28. The minimum atomic E-state index is -1.06. The minimum Gasteiger partial charge on any atom is -0.489 e. The summed E-state index contributed by atoms with van der Waals surface area (Å²) < 4.78 is 5.78. The van der Waals surface area contributed by atoms with Gasteiger partial charge in [-0.2, -0.15) is 0 Å². The highest BCUT2D eigenvalue weighted by Gasteiger charge is 2.18. The molecule has 0 saturated carbocycles. The smallest absolute Gasteiger partial charge is 0.365 e. The molecular formula is C18H18N4O4S2. The van der Waals surface area contributed by atoms with Crippen molar-refractivity contribution in [2.45, 2.75) is 26.9 Å². The van der Waals surface area contributed by atoms with Gasteiger partial charge in [0.25, 0.3) is 0 Å². The van der Waals surface area contributed by atoms with Crippen molar-refractivity contribution in [3.05, 3.63) is 39.8 Å². The van der Waals surface area contributed by atoms with Crippen LogP contribution in [0, 0.1) is 6.92 Å². The van der Waals surface area contributed by atoms with Crippen molar-refractivity contribution >= 4 is 45.4 Å². The number of carbonyl (C=O) groups is 2. The average molecular weight is 419 g/mol. The van der Waals surface area contributed by atoms with Crippen LogP contribution in [0.2, 0.25) is 0 Å². The lowest BCUT2D eigenvalue weighted by molar-refractivity contribution is 0.0696. The second-order valence-corrected chi connectivity index (χ2v) is 8.00. The summed E-state index contributed by atoms with van der Waals surface area (Å²) in [7, 11) is 0. The number of anilines is 2.